The van der Waals surface area contributed by atoms with Gasteiger partial charge in [0.2, 0.25) is 0 Å². The average molecular weight is 292 g/mol. The maximum absolute atomic E-state index is 11.3. The topological polar surface area (TPSA) is 102 Å². The molecule has 1 aromatic rings. The summed E-state index contributed by atoms with van der Waals surface area (Å²) in [4.78, 5) is 26.8. The number of carboxylic acids is 1. The Morgan fingerprint density at radius 3 is 2.38 bits per heavy atom. The van der Waals surface area contributed by atoms with E-state index in [1.807, 2.05) is 6.92 Å². The molecule has 0 amide bonds. The van der Waals surface area contributed by atoms with Crippen LogP contribution in [0.3, 0.4) is 0 Å². The highest BCUT2D eigenvalue weighted by Crippen LogP contribution is 2.32. The van der Waals surface area contributed by atoms with Gasteiger partial charge in [-0.1, -0.05) is 5.16 Å². The maximum Gasteiger partial charge on any atom is 0.358 e. The standard InChI is InChI=1S/C14H16N2O5/c1-14(8-2-3-9-14)21-15-12(13(17)18)10-4-6-11(7-5-10)16(19)20/h4-7H,2-3,8-9H2,1H3,(H,17,18)/b15-12-. The predicted molar refractivity (Wildman–Crippen MR) is 75.2 cm³/mol. The summed E-state index contributed by atoms with van der Waals surface area (Å²) in [7, 11) is 0. The molecule has 1 aliphatic carbocycles. The van der Waals surface area contributed by atoms with E-state index in [2.05, 4.69) is 5.16 Å². The number of nitro benzene ring substituents is 1. The fourth-order valence-corrected chi connectivity index (χ4v) is 2.33. The van der Waals surface area contributed by atoms with Gasteiger partial charge in [0.1, 0.15) is 5.60 Å². The van der Waals surface area contributed by atoms with Gasteiger partial charge in [0.05, 0.1) is 4.92 Å². The Kier molecular flexibility index (Phi) is 4.21. The highest BCUT2D eigenvalue weighted by atomic mass is 16.7. The van der Waals surface area contributed by atoms with Crippen molar-refractivity contribution in [3.05, 3.63) is 39.9 Å². The van der Waals surface area contributed by atoms with E-state index >= 15 is 0 Å². The van der Waals surface area contributed by atoms with Crippen molar-refractivity contribution in [3.63, 3.8) is 0 Å². The van der Waals surface area contributed by atoms with Gasteiger partial charge in [-0.25, -0.2) is 4.79 Å². The monoisotopic (exact) mass is 292 g/mol. The van der Waals surface area contributed by atoms with Crippen LogP contribution in [0.1, 0.15) is 38.2 Å². The molecule has 1 aromatic carbocycles. The third-order valence-corrected chi connectivity index (χ3v) is 3.57. The Morgan fingerprint density at radius 2 is 1.90 bits per heavy atom. The number of aliphatic carboxylic acids is 1. The zero-order valence-electron chi connectivity index (χ0n) is 11.6. The number of non-ortho nitro benzene ring substituents is 1. The quantitative estimate of drug-likeness (QED) is 0.510. The molecule has 0 bridgehead atoms. The van der Waals surface area contributed by atoms with Crippen molar-refractivity contribution < 1.29 is 19.7 Å². The molecule has 7 heteroatoms. The molecule has 1 fully saturated rings. The summed E-state index contributed by atoms with van der Waals surface area (Å²) in [6.45, 7) is 1.90. The number of rotatable bonds is 5. The van der Waals surface area contributed by atoms with E-state index in [9.17, 15) is 20.0 Å². The molecule has 1 saturated carbocycles. The highest BCUT2D eigenvalue weighted by molar-refractivity contribution is 6.42. The summed E-state index contributed by atoms with van der Waals surface area (Å²) in [5, 5.41) is 23.6. The Morgan fingerprint density at radius 1 is 1.33 bits per heavy atom. The number of oxime groups is 1. The summed E-state index contributed by atoms with van der Waals surface area (Å²) in [5.74, 6) is -1.23. The van der Waals surface area contributed by atoms with Crippen LogP contribution in [0.2, 0.25) is 0 Å². The molecule has 0 aromatic heterocycles. The van der Waals surface area contributed by atoms with Crippen LogP contribution in [-0.2, 0) is 9.63 Å². The number of nitro groups is 1. The van der Waals surface area contributed by atoms with Crippen molar-refractivity contribution in [1.29, 1.82) is 0 Å². The van der Waals surface area contributed by atoms with Crippen LogP contribution in [0.15, 0.2) is 29.4 Å². The lowest BCUT2D eigenvalue weighted by Gasteiger charge is -2.20. The Bertz CT molecular complexity index is 574. The Balaban J connectivity index is 2.22. The summed E-state index contributed by atoms with van der Waals surface area (Å²) < 4.78 is 0. The first-order chi connectivity index (χ1) is 9.91. The van der Waals surface area contributed by atoms with Crippen molar-refractivity contribution >= 4 is 17.4 Å². The lowest BCUT2D eigenvalue weighted by atomic mass is 10.1. The number of hydrogen-bond donors (Lipinski definition) is 1. The van der Waals surface area contributed by atoms with Gasteiger partial charge >= 0.3 is 5.97 Å². The zero-order chi connectivity index (χ0) is 15.5. The van der Waals surface area contributed by atoms with Crippen LogP contribution < -0.4 is 0 Å². The van der Waals surface area contributed by atoms with Crippen molar-refractivity contribution in [3.8, 4) is 0 Å². The smallest absolute Gasteiger partial charge is 0.358 e. The first-order valence-electron chi connectivity index (χ1n) is 6.66. The van der Waals surface area contributed by atoms with Gasteiger partial charge in [-0.05, 0) is 44.7 Å². The van der Waals surface area contributed by atoms with Gasteiger partial charge < -0.3 is 9.94 Å². The molecule has 21 heavy (non-hydrogen) atoms. The second-order valence-electron chi connectivity index (χ2n) is 5.30. The molecular formula is C14H16N2O5. The Labute approximate surface area is 121 Å². The summed E-state index contributed by atoms with van der Waals surface area (Å²) >= 11 is 0. The second kappa shape index (κ2) is 5.90. The molecule has 1 aliphatic rings. The van der Waals surface area contributed by atoms with Crippen LogP contribution in [0, 0.1) is 10.1 Å². The van der Waals surface area contributed by atoms with Crippen molar-refractivity contribution in [2.24, 2.45) is 5.16 Å². The molecule has 0 aliphatic heterocycles. The average Bonchev–Trinajstić information content (AvgIpc) is 2.86. The second-order valence-corrected chi connectivity index (χ2v) is 5.30. The van der Waals surface area contributed by atoms with E-state index in [0.29, 0.717) is 0 Å². The van der Waals surface area contributed by atoms with Gasteiger partial charge in [0.15, 0.2) is 5.71 Å². The van der Waals surface area contributed by atoms with Gasteiger partial charge in [0, 0.05) is 17.7 Å². The summed E-state index contributed by atoms with van der Waals surface area (Å²) in [6, 6.07) is 5.19. The molecule has 7 nitrogen and oxygen atoms in total. The molecule has 1 N–H and O–H groups in total. The normalized spacial score (nSPS) is 17.5. The van der Waals surface area contributed by atoms with Crippen LogP contribution in [0.25, 0.3) is 0 Å². The molecule has 112 valence electrons. The minimum absolute atomic E-state index is 0.104. The van der Waals surface area contributed by atoms with E-state index in [-0.39, 0.29) is 17.0 Å². The Hall–Kier alpha value is -2.44. The molecule has 0 unspecified atom stereocenters. The van der Waals surface area contributed by atoms with Crippen molar-refractivity contribution in [2.75, 3.05) is 0 Å². The lowest BCUT2D eigenvalue weighted by molar-refractivity contribution is -0.384. The summed E-state index contributed by atoms with van der Waals surface area (Å²) in [5.41, 5.74) is -0.513. The van der Waals surface area contributed by atoms with Crippen LogP contribution in [-0.4, -0.2) is 27.3 Å². The third kappa shape index (κ3) is 3.56. The van der Waals surface area contributed by atoms with Crippen LogP contribution >= 0.6 is 0 Å². The first kappa shape index (κ1) is 15.0. The van der Waals surface area contributed by atoms with E-state index < -0.39 is 16.5 Å². The fourth-order valence-electron chi connectivity index (χ4n) is 2.33. The largest absolute Gasteiger partial charge is 0.476 e. The minimum Gasteiger partial charge on any atom is -0.476 e. The number of benzene rings is 1. The van der Waals surface area contributed by atoms with Crippen LogP contribution in [0.4, 0.5) is 5.69 Å². The molecule has 2 rings (SSSR count). The molecular weight excluding hydrogens is 276 g/mol. The SMILES string of the molecule is CC1(O/N=C(\C(=O)O)c2ccc([N+](=O)[O-])cc2)CCCC1. The third-order valence-electron chi connectivity index (χ3n) is 3.57. The number of hydrogen-bond acceptors (Lipinski definition) is 5. The van der Waals surface area contributed by atoms with Gasteiger partial charge in [0.25, 0.3) is 5.69 Å². The van der Waals surface area contributed by atoms with E-state index in [1.54, 1.807) is 0 Å². The van der Waals surface area contributed by atoms with E-state index in [4.69, 9.17) is 4.84 Å². The zero-order valence-corrected chi connectivity index (χ0v) is 11.6. The molecule has 0 radical (unpaired) electrons. The van der Waals surface area contributed by atoms with Crippen molar-refractivity contribution in [1.82, 2.24) is 0 Å². The van der Waals surface area contributed by atoms with E-state index in [0.717, 1.165) is 25.7 Å². The fraction of sp³-hybridized carbons (Fsp3) is 0.429. The molecule has 0 atom stereocenters. The minimum atomic E-state index is -1.23. The predicted octanol–water partition coefficient (Wildman–Crippen LogP) is 2.73. The van der Waals surface area contributed by atoms with Gasteiger partial charge in [-0.2, -0.15) is 0 Å². The highest BCUT2D eigenvalue weighted by Gasteiger charge is 2.31. The maximum atomic E-state index is 11.3. The van der Waals surface area contributed by atoms with Crippen LogP contribution in [0.5, 0.6) is 0 Å². The molecule has 0 heterocycles. The number of carbonyl (C=O) groups is 1. The number of nitrogens with zero attached hydrogens (tertiary/aromatic N) is 2. The lowest BCUT2D eigenvalue weighted by Crippen LogP contribution is -2.24. The first-order valence-corrected chi connectivity index (χ1v) is 6.66. The summed E-state index contributed by atoms with van der Waals surface area (Å²) in [6.07, 6.45) is 3.74. The van der Waals surface area contributed by atoms with E-state index in [1.165, 1.54) is 24.3 Å². The number of carboxylic acid groups (broad SMARTS) is 1. The molecule has 0 saturated heterocycles. The van der Waals surface area contributed by atoms with Gasteiger partial charge in [-0.15, -0.1) is 0 Å². The van der Waals surface area contributed by atoms with Gasteiger partial charge in [-0.3, -0.25) is 10.1 Å². The van der Waals surface area contributed by atoms with Crippen molar-refractivity contribution in [2.45, 2.75) is 38.2 Å². The molecule has 0 spiro atoms.